The van der Waals surface area contributed by atoms with E-state index < -0.39 is 12.0 Å². The Balaban J connectivity index is 2.06. The summed E-state index contributed by atoms with van der Waals surface area (Å²) in [5.41, 5.74) is 0.950. The number of esters is 1. The second-order valence-electron chi connectivity index (χ2n) is 5.00. The van der Waals surface area contributed by atoms with Gasteiger partial charge in [-0.1, -0.05) is 6.92 Å². The molecule has 7 nitrogen and oxygen atoms in total. The van der Waals surface area contributed by atoms with Gasteiger partial charge in [-0.05, 0) is 37.6 Å². The number of hydrogen-bond acceptors (Lipinski definition) is 5. The molecule has 1 saturated heterocycles. The zero-order valence-corrected chi connectivity index (χ0v) is 13.3. The predicted molar refractivity (Wildman–Crippen MR) is 83.1 cm³/mol. The number of anilines is 1. The smallest absolute Gasteiger partial charge is 0.338 e. The van der Waals surface area contributed by atoms with Crippen LogP contribution in [0.3, 0.4) is 0 Å². The molecule has 0 saturated carbocycles. The molecule has 23 heavy (non-hydrogen) atoms. The van der Waals surface area contributed by atoms with Crippen LogP contribution in [-0.2, 0) is 14.3 Å². The van der Waals surface area contributed by atoms with Crippen LogP contribution in [0.5, 0.6) is 0 Å². The lowest BCUT2D eigenvalue weighted by molar-refractivity contribution is -0.128. The lowest BCUT2D eigenvalue weighted by atomic mass is 10.2. The third-order valence-electron chi connectivity index (χ3n) is 3.32. The SMILES string of the molecule is CCCOCN1C(=O)CN(c2ccc(C(=O)OCC)cc2)C1=O. The van der Waals surface area contributed by atoms with Crippen molar-refractivity contribution >= 4 is 23.6 Å². The van der Waals surface area contributed by atoms with Gasteiger partial charge in [0.05, 0.1) is 12.2 Å². The van der Waals surface area contributed by atoms with Gasteiger partial charge in [0.25, 0.3) is 5.91 Å². The minimum Gasteiger partial charge on any atom is -0.462 e. The molecule has 0 radical (unpaired) electrons. The van der Waals surface area contributed by atoms with E-state index >= 15 is 0 Å². The summed E-state index contributed by atoms with van der Waals surface area (Å²) >= 11 is 0. The van der Waals surface area contributed by atoms with Gasteiger partial charge in [0.15, 0.2) is 0 Å². The van der Waals surface area contributed by atoms with Crippen LogP contribution in [0, 0.1) is 0 Å². The Hall–Kier alpha value is -2.41. The fourth-order valence-electron chi connectivity index (χ4n) is 2.16. The Labute approximate surface area is 134 Å². The summed E-state index contributed by atoms with van der Waals surface area (Å²) < 4.78 is 10.2. The summed E-state index contributed by atoms with van der Waals surface area (Å²) in [5.74, 6) is -0.724. The number of nitrogens with zero attached hydrogens (tertiary/aromatic N) is 2. The van der Waals surface area contributed by atoms with E-state index in [-0.39, 0.29) is 19.2 Å². The van der Waals surface area contributed by atoms with E-state index in [4.69, 9.17) is 9.47 Å². The molecule has 2 rings (SSSR count). The van der Waals surface area contributed by atoms with Gasteiger partial charge in [0, 0.05) is 12.3 Å². The van der Waals surface area contributed by atoms with E-state index in [1.54, 1.807) is 31.2 Å². The van der Waals surface area contributed by atoms with Crippen LogP contribution in [0.4, 0.5) is 10.5 Å². The molecule has 7 heteroatoms. The quantitative estimate of drug-likeness (QED) is 0.436. The molecule has 0 spiro atoms. The van der Waals surface area contributed by atoms with Crippen molar-refractivity contribution in [1.82, 2.24) is 4.90 Å². The third kappa shape index (κ3) is 3.87. The van der Waals surface area contributed by atoms with Crippen molar-refractivity contribution in [1.29, 1.82) is 0 Å². The van der Waals surface area contributed by atoms with Crippen molar-refractivity contribution in [3.63, 3.8) is 0 Å². The topological polar surface area (TPSA) is 76.2 Å². The molecule has 0 atom stereocenters. The molecule has 1 fully saturated rings. The van der Waals surface area contributed by atoms with Gasteiger partial charge < -0.3 is 9.47 Å². The molecule has 0 aromatic heterocycles. The molecule has 0 unspecified atom stereocenters. The summed E-state index contributed by atoms with van der Waals surface area (Å²) in [6.45, 7) is 4.40. The van der Waals surface area contributed by atoms with Gasteiger partial charge in [-0.15, -0.1) is 0 Å². The van der Waals surface area contributed by atoms with Gasteiger partial charge in [-0.2, -0.15) is 0 Å². The maximum absolute atomic E-state index is 12.3. The van der Waals surface area contributed by atoms with Crippen molar-refractivity contribution in [3.05, 3.63) is 29.8 Å². The van der Waals surface area contributed by atoms with E-state index in [2.05, 4.69) is 0 Å². The van der Waals surface area contributed by atoms with E-state index in [0.717, 1.165) is 11.3 Å². The number of hydrogen-bond donors (Lipinski definition) is 0. The van der Waals surface area contributed by atoms with Crippen LogP contribution in [0.1, 0.15) is 30.6 Å². The molecule has 1 aliphatic rings. The van der Waals surface area contributed by atoms with Gasteiger partial charge in [0.1, 0.15) is 13.3 Å². The first-order valence-electron chi connectivity index (χ1n) is 7.55. The Kier molecular flexibility index (Phi) is 5.70. The Morgan fingerprint density at radius 3 is 2.48 bits per heavy atom. The number of carbonyl (C=O) groups is 3. The first-order chi connectivity index (χ1) is 11.1. The van der Waals surface area contributed by atoms with Gasteiger partial charge in [-0.25, -0.2) is 14.5 Å². The molecular weight excluding hydrogens is 300 g/mol. The Bertz CT molecular complexity index is 585. The fourth-order valence-corrected chi connectivity index (χ4v) is 2.16. The summed E-state index contributed by atoms with van der Waals surface area (Å²) in [5, 5.41) is 0. The summed E-state index contributed by atoms with van der Waals surface area (Å²) in [6, 6.07) is 5.96. The second kappa shape index (κ2) is 7.73. The maximum atomic E-state index is 12.3. The average Bonchev–Trinajstić information content (AvgIpc) is 2.83. The normalized spacial score (nSPS) is 14.5. The largest absolute Gasteiger partial charge is 0.462 e. The van der Waals surface area contributed by atoms with Crippen LogP contribution in [-0.4, -0.2) is 49.3 Å². The summed E-state index contributed by atoms with van der Waals surface area (Å²) in [6.07, 6.45) is 0.815. The second-order valence-corrected chi connectivity index (χ2v) is 5.00. The predicted octanol–water partition coefficient (Wildman–Crippen LogP) is 2.02. The van der Waals surface area contributed by atoms with Gasteiger partial charge in [0.2, 0.25) is 0 Å². The number of benzene rings is 1. The lowest BCUT2D eigenvalue weighted by Crippen LogP contribution is -2.35. The minimum atomic E-state index is -0.421. The highest BCUT2D eigenvalue weighted by atomic mass is 16.5. The van der Waals surface area contributed by atoms with Crippen LogP contribution in [0.15, 0.2) is 24.3 Å². The van der Waals surface area contributed by atoms with E-state index in [0.29, 0.717) is 24.5 Å². The molecule has 1 aromatic rings. The third-order valence-corrected chi connectivity index (χ3v) is 3.32. The molecule has 124 valence electrons. The summed E-state index contributed by atoms with van der Waals surface area (Å²) in [7, 11) is 0. The molecule has 0 bridgehead atoms. The molecule has 1 heterocycles. The zero-order valence-electron chi connectivity index (χ0n) is 13.3. The molecule has 1 aliphatic heterocycles. The van der Waals surface area contributed by atoms with Gasteiger partial charge in [-0.3, -0.25) is 9.69 Å². The number of amides is 3. The highest BCUT2D eigenvalue weighted by molar-refractivity contribution is 6.12. The van der Waals surface area contributed by atoms with E-state index in [1.807, 2.05) is 6.92 Å². The molecule has 0 N–H and O–H groups in total. The number of ether oxygens (including phenoxy) is 2. The lowest BCUT2D eigenvalue weighted by Gasteiger charge is -2.17. The number of carbonyl (C=O) groups excluding carboxylic acids is 3. The van der Waals surface area contributed by atoms with Crippen LogP contribution >= 0.6 is 0 Å². The first-order valence-corrected chi connectivity index (χ1v) is 7.55. The number of rotatable bonds is 7. The summed E-state index contributed by atoms with van der Waals surface area (Å²) in [4.78, 5) is 38.3. The van der Waals surface area contributed by atoms with Gasteiger partial charge >= 0.3 is 12.0 Å². The monoisotopic (exact) mass is 320 g/mol. The highest BCUT2D eigenvalue weighted by Gasteiger charge is 2.36. The standard InChI is InChI=1S/C16H20N2O5/c1-3-9-22-11-18-14(19)10-17(16(18)21)13-7-5-12(6-8-13)15(20)23-4-2/h5-8H,3-4,9-11H2,1-2H3. The van der Waals surface area contributed by atoms with E-state index in [1.165, 1.54) is 4.90 Å². The number of imide groups is 1. The first kappa shape index (κ1) is 17.0. The van der Waals surface area contributed by atoms with Crippen molar-refractivity contribution < 1.29 is 23.9 Å². The molecular formula is C16H20N2O5. The van der Waals surface area contributed by atoms with Crippen molar-refractivity contribution in [3.8, 4) is 0 Å². The van der Waals surface area contributed by atoms with E-state index in [9.17, 15) is 14.4 Å². The van der Waals surface area contributed by atoms with Crippen LogP contribution in [0.2, 0.25) is 0 Å². The highest BCUT2D eigenvalue weighted by Crippen LogP contribution is 2.21. The molecule has 3 amide bonds. The fraction of sp³-hybridized carbons (Fsp3) is 0.438. The van der Waals surface area contributed by atoms with Crippen molar-refractivity contribution in [2.24, 2.45) is 0 Å². The van der Waals surface area contributed by atoms with Crippen molar-refractivity contribution in [2.45, 2.75) is 20.3 Å². The maximum Gasteiger partial charge on any atom is 0.338 e. The Morgan fingerprint density at radius 2 is 1.87 bits per heavy atom. The van der Waals surface area contributed by atoms with Crippen molar-refractivity contribution in [2.75, 3.05) is 31.4 Å². The average molecular weight is 320 g/mol. The Morgan fingerprint density at radius 1 is 1.17 bits per heavy atom. The molecule has 1 aromatic carbocycles. The minimum absolute atomic E-state index is 0.0347. The molecule has 0 aliphatic carbocycles. The zero-order chi connectivity index (χ0) is 16.8. The van der Waals surface area contributed by atoms with Crippen LogP contribution < -0.4 is 4.90 Å². The number of urea groups is 1. The van der Waals surface area contributed by atoms with Crippen LogP contribution in [0.25, 0.3) is 0 Å².